The lowest BCUT2D eigenvalue weighted by Crippen LogP contribution is -2.75. The lowest BCUT2D eigenvalue weighted by molar-refractivity contribution is -0.176. The van der Waals surface area contributed by atoms with Crippen molar-refractivity contribution in [2.24, 2.45) is 11.8 Å². The molecule has 5 heterocycles. The summed E-state index contributed by atoms with van der Waals surface area (Å²) >= 11 is 0. The average Bonchev–Trinajstić information content (AvgIpc) is 3.98. The number of fused-ring (bicyclic) bond motifs is 5. The van der Waals surface area contributed by atoms with Crippen LogP contribution in [0.1, 0.15) is 95.5 Å². The van der Waals surface area contributed by atoms with Crippen LogP contribution in [0.15, 0.2) is 24.3 Å². The van der Waals surface area contributed by atoms with E-state index in [0.717, 1.165) is 85.5 Å². The fraction of sp³-hybridized carbons (Fsp3) is 0.600. The number of phenols is 2. The second kappa shape index (κ2) is 8.28. The maximum Gasteiger partial charge on any atom is 0.166 e. The number of hydrogen-bond acceptors (Lipinski definition) is 8. The highest BCUT2D eigenvalue weighted by atomic mass is 16.5. The molecule has 1 aromatic heterocycles. The van der Waals surface area contributed by atoms with E-state index in [1.54, 1.807) is 12.1 Å². The zero-order chi connectivity index (χ0) is 32.4. The SMILES string of the molecule is Oc1ccc2c3c1O[C@H]1c4[nH]c5c(c4C[C@@]4(O)C(C2)N(CC2CC2)CC[C@]314)C[C@@]1(O)C2Cc3ccc(O)c4c3[C@@]1(CCN2CC1CC1)[C@H]5O4. The molecular formula is C40H43N3O6. The van der Waals surface area contributed by atoms with Crippen LogP contribution >= 0.6 is 0 Å². The summed E-state index contributed by atoms with van der Waals surface area (Å²) in [5.74, 6) is 2.77. The van der Waals surface area contributed by atoms with E-state index in [9.17, 15) is 20.4 Å². The van der Waals surface area contributed by atoms with E-state index in [2.05, 4.69) is 26.9 Å². The van der Waals surface area contributed by atoms with Crippen LogP contribution in [0.2, 0.25) is 0 Å². The topological polar surface area (TPSA) is 122 Å². The molecule has 49 heavy (non-hydrogen) atoms. The Morgan fingerprint density at radius 2 is 1.12 bits per heavy atom. The number of likely N-dealkylation sites (tertiary alicyclic amines) is 2. The van der Waals surface area contributed by atoms with Gasteiger partial charge in [-0.1, -0.05) is 12.1 Å². The zero-order valence-electron chi connectivity index (χ0n) is 27.7. The highest BCUT2D eigenvalue weighted by molar-refractivity contribution is 5.68. The Balaban J connectivity index is 1.03. The number of rotatable bonds is 4. The largest absolute Gasteiger partial charge is 0.504 e. The summed E-state index contributed by atoms with van der Waals surface area (Å²) < 4.78 is 13.9. The Hall–Kier alpha value is -3.24. The molecular weight excluding hydrogens is 618 g/mol. The van der Waals surface area contributed by atoms with Crippen LogP contribution in [0.5, 0.6) is 23.0 Å². The van der Waals surface area contributed by atoms with E-state index in [4.69, 9.17) is 9.47 Å². The number of hydrogen-bond donors (Lipinski definition) is 5. The highest BCUT2D eigenvalue weighted by Crippen LogP contribution is 2.72. The Bertz CT molecular complexity index is 1910. The summed E-state index contributed by atoms with van der Waals surface area (Å²) in [6, 6.07) is 7.56. The molecule has 2 aromatic carbocycles. The first-order valence-corrected chi connectivity index (χ1v) is 19.0. The molecule has 9 heteroatoms. The van der Waals surface area contributed by atoms with Gasteiger partial charge in [0.25, 0.3) is 0 Å². The number of aromatic hydroxyl groups is 2. The smallest absolute Gasteiger partial charge is 0.166 e. The minimum absolute atomic E-state index is 0.0535. The fourth-order valence-electron chi connectivity index (χ4n) is 13.4. The van der Waals surface area contributed by atoms with Crippen LogP contribution in [0.25, 0.3) is 0 Å². The molecule has 13 rings (SSSR count). The Morgan fingerprint density at radius 3 is 1.55 bits per heavy atom. The van der Waals surface area contributed by atoms with Crippen molar-refractivity contribution in [2.75, 3.05) is 26.2 Å². The van der Waals surface area contributed by atoms with Gasteiger partial charge in [-0.25, -0.2) is 0 Å². The normalized spacial score (nSPS) is 41.3. The van der Waals surface area contributed by atoms with E-state index in [1.807, 2.05) is 0 Å². The molecule has 4 aliphatic heterocycles. The zero-order valence-corrected chi connectivity index (χ0v) is 27.7. The summed E-state index contributed by atoms with van der Waals surface area (Å²) in [5.41, 5.74) is 4.93. The molecule has 0 amide bonds. The van der Waals surface area contributed by atoms with Gasteiger partial charge in [0.2, 0.25) is 0 Å². The Morgan fingerprint density at radius 1 is 0.673 bits per heavy atom. The predicted octanol–water partition coefficient (Wildman–Crippen LogP) is 3.82. The molecule has 5 N–H and O–H groups in total. The van der Waals surface area contributed by atoms with Crippen LogP contribution in [0, 0.1) is 11.8 Å². The first kappa shape index (κ1) is 27.5. The highest BCUT2D eigenvalue weighted by Gasteiger charge is 2.76. The van der Waals surface area contributed by atoms with Crippen molar-refractivity contribution in [2.45, 2.75) is 111 Å². The van der Waals surface area contributed by atoms with Gasteiger partial charge >= 0.3 is 0 Å². The number of phenolic OH excluding ortho intramolecular Hbond substituents is 2. The predicted molar refractivity (Wildman–Crippen MR) is 177 cm³/mol. The number of benzene rings is 2. The number of nitrogens with one attached hydrogen (secondary N) is 1. The van der Waals surface area contributed by atoms with Gasteiger partial charge in [0.05, 0.1) is 33.4 Å². The summed E-state index contributed by atoms with van der Waals surface area (Å²) in [7, 11) is 0. The van der Waals surface area contributed by atoms with Crippen LogP contribution in [-0.2, 0) is 36.5 Å². The van der Waals surface area contributed by atoms with E-state index in [1.165, 1.54) is 36.8 Å². The van der Waals surface area contributed by atoms with E-state index >= 15 is 0 Å². The standard InChI is InChI=1S/C40H43N3O6/c44-25-7-5-21-13-27-39(46)15-23-24-16-40(47)28-14-22-6-8-26(45)34-30(22)38(40,10-12-43(28)18-20-3-4-20)36(49-34)32(24)41-31(23)35-37(39,29(21)33(25)48-35)9-11-42(27)17-19-1-2-19/h5-8,19-20,27-28,35-36,41,44-47H,1-4,9-18H2/t27?,28?,35-,36-,37-,38-,39+,40+/m0/s1. The van der Waals surface area contributed by atoms with Gasteiger partial charge < -0.3 is 34.9 Å². The van der Waals surface area contributed by atoms with Crippen molar-refractivity contribution in [3.8, 4) is 23.0 Å². The number of piperidine rings is 2. The van der Waals surface area contributed by atoms with Gasteiger partial charge in [-0.3, -0.25) is 9.80 Å². The molecule has 8 atom stereocenters. The molecule has 2 unspecified atom stereocenters. The van der Waals surface area contributed by atoms with Crippen LogP contribution in [0.4, 0.5) is 0 Å². The number of ether oxygens (including phenoxy) is 2. The second-order valence-electron chi connectivity index (χ2n) is 17.8. The van der Waals surface area contributed by atoms with Crippen molar-refractivity contribution in [3.63, 3.8) is 0 Å². The van der Waals surface area contributed by atoms with Crippen molar-refractivity contribution >= 4 is 0 Å². The minimum Gasteiger partial charge on any atom is -0.504 e. The third-order valence-electron chi connectivity index (χ3n) is 15.7. The van der Waals surface area contributed by atoms with Crippen LogP contribution < -0.4 is 9.47 Å². The summed E-state index contributed by atoms with van der Waals surface area (Å²) in [6.07, 6.45) is 8.06. The van der Waals surface area contributed by atoms with Gasteiger partial charge in [-0.05, 0) is 111 Å². The number of H-pyrrole nitrogens is 1. The molecule has 9 nitrogen and oxygen atoms in total. The van der Waals surface area contributed by atoms with Gasteiger partial charge in [-0.2, -0.15) is 0 Å². The second-order valence-corrected chi connectivity index (χ2v) is 17.8. The van der Waals surface area contributed by atoms with Gasteiger partial charge in [-0.15, -0.1) is 0 Å². The number of aromatic amines is 1. The monoisotopic (exact) mass is 661 g/mol. The van der Waals surface area contributed by atoms with Crippen molar-refractivity contribution in [1.82, 2.24) is 14.8 Å². The van der Waals surface area contributed by atoms with E-state index < -0.39 is 34.2 Å². The Labute approximate surface area is 284 Å². The summed E-state index contributed by atoms with van der Waals surface area (Å²) in [5, 5.41) is 49.4. The summed E-state index contributed by atoms with van der Waals surface area (Å²) in [6.45, 7) is 3.84. The van der Waals surface area contributed by atoms with Gasteiger partial charge in [0.15, 0.2) is 35.2 Å². The molecule has 2 saturated carbocycles. The average molecular weight is 662 g/mol. The van der Waals surface area contributed by atoms with Gasteiger partial charge in [0, 0.05) is 49.1 Å². The van der Waals surface area contributed by atoms with Crippen molar-refractivity contribution in [1.29, 1.82) is 0 Å². The molecule has 4 fully saturated rings. The first-order chi connectivity index (χ1) is 23.7. The lowest BCUT2D eigenvalue weighted by Gasteiger charge is -2.63. The summed E-state index contributed by atoms with van der Waals surface area (Å²) in [4.78, 5) is 9.05. The molecule has 254 valence electrons. The number of aromatic nitrogens is 1. The molecule has 3 aromatic rings. The number of aliphatic hydroxyl groups is 2. The Kier molecular flexibility index (Phi) is 4.64. The molecule has 0 radical (unpaired) electrons. The molecule has 4 bridgehead atoms. The molecule has 2 spiro atoms. The third-order valence-corrected chi connectivity index (χ3v) is 15.7. The quantitative estimate of drug-likeness (QED) is 0.286. The van der Waals surface area contributed by atoms with Gasteiger partial charge in [0.1, 0.15) is 0 Å². The van der Waals surface area contributed by atoms with Crippen LogP contribution in [0.3, 0.4) is 0 Å². The maximum atomic E-state index is 13.5. The molecule has 6 aliphatic carbocycles. The fourth-order valence-corrected chi connectivity index (χ4v) is 13.4. The van der Waals surface area contributed by atoms with E-state index in [-0.39, 0.29) is 23.6 Å². The lowest BCUT2D eigenvalue weighted by atomic mass is 9.47. The maximum absolute atomic E-state index is 13.5. The third kappa shape index (κ3) is 2.87. The van der Waals surface area contributed by atoms with Crippen molar-refractivity contribution < 1.29 is 29.9 Å². The first-order valence-electron chi connectivity index (χ1n) is 19.0. The van der Waals surface area contributed by atoms with Crippen LogP contribution in [-0.4, -0.2) is 84.7 Å². The molecule has 10 aliphatic rings. The number of nitrogens with zero attached hydrogens (tertiary/aromatic N) is 2. The van der Waals surface area contributed by atoms with Crippen molar-refractivity contribution in [3.05, 3.63) is 69.0 Å². The molecule has 2 saturated heterocycles. The van der Waals surface area contributed by atoms with E-state index in [0.29, 0.717) is 36.2 Å². The minimum atomic E-state index is -1.09.